The van der Waals surface area contributed by atoms with Crippen LogP contribution in [0.15, 0.2) is 72.8 Å². The molecular formula is C31H30O2. The molecule has 0 heterocycles. The topological polar surface area (TPSA) is 26.3 Å². The molecule has 1 unspecified atom stereocenters. The van der Waals surface area contributed by atoms with Gasteiger partial charge in [-0.2, -0.15) is 0 Å². The fourth-order valence-corrected chi connectivity index (χ4v) is 5.09. The lowest BCUT2D eigenvalue weighted by Crippen LogP contribution is -2.25. The minimum absolute atomic E-state index is 0.0524. The third kappa shape index (κ3) is 5.37. The van der Waals surface area contributed by atoms with Crippen LogP contribution in [0.1, 0.15) is 82.6 Å². The molecule has 2 aliphatic rings. The highest BCUT2D eigenvalue weighted by atomic mass is 16.5. The Hall–Kier alpha value is -3.31. The highest BCUT2D eigenvalue weighted by molar-refractivity contribution is 5.89. The Kier molecular flexibility index (Phi) is 6.58. The maximum Gasteiger partial charge on any atom is 0.338 e. The van der Waals surface area contributed by atoms with Crippen molar-refractivity contribution in [2.45, 2.75) is 63.4 Å². The molecular weight excluding hydrogens is 404 g/mol. The van der Waals surface area contributed by atoms with Crippen LogP contribution in [0.5, 0.6) is 0 Å². The number of ether oxygens (including phenoxy) is 1. The number of esters is 1. The van der Waals surface area contributed by atoms with E-state index in [2.05, 4.69) is 54.3 Å². The average Bonchev–Trinajstić information content (AvgIpc) is 2.88. The molecule has 0 spiro atoms. The summed E-state index contributed by atoms with van der Waals surface area (Å²) in [7, 11) is 0. The van der Waals surface area contributed by atoms with E-state index in [0.717, 1.165) is 36.3 Å². The lowest BCUT2D eigenvalue weighted by Gasteiger charge is -2.24. The lowest BCUT2D eigenvalue weighted by molar-refractivity contribution is 0.0271. The molecule has 166 valence electrons. The number of carbonyl (C=O) groups excluding carboxylic acids is 1. The Morgan fingerprint density at radius 2 is 1.36 bits per heavy atom. The minimum atomic E-state index is -0.253. The summed E-state index contributed by atoms with van der Waals surface area (Å²) in [5.41, 5.74) is 6.61. The molecule has 0 N–H and O–H groups in total. The van der Waals surface area contributed by atoms with Crippen molar-refractivity contribution in [2.24, 2.45) is 0 Å². The zero-order valence-corrected chi connectivity index (χ0v) is 19.1. The minimum Gasteiger partial charge on any atom is -0.458 e. The largest absolute Gasteiger partial charge is 0.458 e. The quantitative estimate of drug-likeness (QED) is 0.333. The predicted molar refractivity (Wildman–Crippen MR) is 132 cm³/mol. The Balaban J connectivity index is 1.18. The second kappa shape index (κ2) is 10.1. The van der Waals surface area contributed by atoms with E-state index in [1.54, 1.807) is 0 Å². The Morgan fingerprint density at radius 1 is 0.727 bits per heavy atom. The second-order valence-electron chi connectivity index (χ2n) is 9.32. The van der Waals surface area contributed by atoms with Crippen LogP contribution in [-0.4, -0.2) is 12.1 Å². The standard InChI is InChI=1S/C31H30O2/c32-31(33-30-21-20-26-8-4-5-9-29(26)22-30)28-18-14-24(15-19-28)11-10-23-12-16-27(17-13-23)25-6-2-1-3-7-25/h4-5,8-9,12-19,25,30H,1-3,6-7,20-22H2. The van der Waals surface area contributed by atoms with Gasteiger partial charge >= 0.3 is 5.97 Å². The van der Waals surface area contributed by atoms with E-state index < -0.39 is 0 Å². The van der Waals surface area contributed by atoms with Gasteiger partial charge < -0.3 is 4.74 Å². The van der Waals surface area contributed by atoms with Crippen LogP contribution in [0.3, 0.4) is 0 Å². The van der Waals surface area contributed by atoms with Crippen molar-refractivity contribution >= 4 is 5.97 Å². The monoisotopic (exact) mass is 434 g/mol. The van der Waals surface area contributed by atoms with E-state index in [4.69, 9.17) is 4.74 Å². The number of benzene rings is 3. The van der Waals surface area contributed by atoms with Crippen LogP contribution in [0, 0.1) is 11.8 Å². The molecule has 2 aliphatic carbocycles. The molecule has 1 saturated carbocycles. The number of hydrogen-bond donors (Lipinski definition) is 0. The lowest BCUT2D eigenvalue weighted by atomic mass is 9.84. The maximum atomic E-state index is 12.6. The van der Waals surface area contributed by atoms with Crippen molar-refractivity contribution < 1.29 is 9.53 Å². The van der Waals surface area contributed by atoms with Gasteiger partial charge in [-0.3, -0.25) is 0 Å². The van der Waals surface area contributed by atoms with Crippen molar-refractivity contribution in [3.05, 3.63) is 106 Å². The van der Waals surface area contributed by atoms with Gasteiger partial charge in [0.2, 0.25) is 0 Å². The fourth-order valence-electron chi connectivity index (χ4n) is 5.09. The summed E-state index contributed by atoms with van der Waals surface area (Å²) in [6.07, 6.45) is 9.30. The van der Waals surface area contributed by atoms with Crippen LogP contribution >= 0.6 is 0 Å². The highest BCUT2D eigenvalue weighted by Crippen LogP contribution is 2.32. The third-order valence-electron chi connectivity index (χ3n) is 7.03. The van der Waals surface area contributed by atoms with E-state index in [1.165, 1.54) is 48.8 Å². The maximum absolute atomic E-state index is 12.6. The Bertz CT molecular complexity index is 1160. The summed E-state index contributed by atoms with van der Waals surface area (Å²) in [6, 6.07) is 24.6. The van der Waals surface area contributed by atoms with E-state index in [0.29, 0.717) is 5.56 Å². The van der Waals surface area contributed by atoms with E-state index in [1.807, 2.05) is 30.3 Å². The number of aryl methyl sites for hydroxylation is 1. The summed E-state index contributed by atoms with van der Waals surface area (Å²) < 4.78 is 5.79. The molecule has 0 radical (unpaired) electrons. The van der Waals surface area contributed by atoms with Gasteiger partial charge in [0.05, 0.1) is 5.56 Å². The van der Waals surface area contributed by atoms with Crippen molar-refractivity contribution in [3.63, 3.8) is 0 Å². The molecule has 33 heavy (non-hydrogen) atoms. The Morgan fingerprint density at radius 3 is 2.06 bits per heavy atom. The number of hydrogen-bond acceptors (Lipinski definition) is 2. The predicted octanol–water partition coefficient (Wildman–Crippen LogP) is 6.85. The normalized spacial score (nSPS) is 18.0. The van der Waals surface area contributed by atoms with Gasteiger partial charge in [-0.1, -0.05) is 67.5 Å². The van der Waals surface area contributed by atoms with E-state index in [9.17, 15) is 4.79 Å². The van der Waals surface area contributed by atoms with Gasteiger partial charge in [0.1, 0.15) is 6.10 Å². The van der Waals surface area contributed by atoms with Crippen LogP contribution in [0.4, 0.5) is 0 Å². The van der Waals surface area contributed by atoms with Crippen molar-refractivity contribution in [1.29, 1.82) is 0 Å². The molecule has 5 rings (SSSR count). The van der Waals surface area contributed by atoms with Gasteiger partial charge in [-0.25, -0.2) is 4.79 Å². The summed E-state index contributed by atoms with van der Waals surface area (Å²) in [6.45, 7) is 0. The average molecular weight is 435 g/mol. The molecule has 0 amide bonds. The van der Waals surface area contributed by atoms with Crippen molar-refractivity contribution in [2.75, 3.05) is 0 Å². The first-order chi connectivity index (χ1) is 16.2. The van der Waals surface area contributed by atoms with Crippen molar-refractivity contribution in [3.8, 4) is 11.8 Å². The molecule has 3 aromatic carbocycles. The van der Waals surface area contributed by atoms with Gasteiger partial charge in [0.15, 0.2) is 0 Å². The first kappa shape index (κ1) is 21.5. The van der Waals surface area contributed by atoms with Gasteiger partial charge in [-0.05, 0) is 84.7 Å². The first-order valence-electron chi connectivity index (χ1n) is 12.2. The summed E-state index contributed by atoms with van der Waals surface area (Å²) in [5, 5.41) is 0. The molecule has 0 aliphatic heterocycles. The molecule has 3 aromatic rings. The summed E-state index contributed by atoms with van der Waals surface area (Å²) in [4.78, 5) is 12.6. The third-order valence-corrected chi connectivity index (χ3v) is 7.03. The van der Waals surface area contributed by atoms with Crippen LogP contribution in [-0.2, 0) is 17.6 Å². The summed E-state index contributed by atoms with van der Waals surface area (Å²) >= 11 is 0. The highest BCUT2D eigenvalue weighted by Gasteiger charge is 2.22. The first-order valence-corrected chi connectivity index (χ1v) is 12.2. The van der Waals surface area contributed by atoms with Gasteiger partial charge in [0, 0.05) is 17.5 Å². The molecule has 0 saturated heterocycles. The fraction of sp³-hybridized carbons (Fsp3) is 0.323. The van der Waals surface area contributed by atoms with E-state index >= 15 is 0 Å². The van der Waals surface area contributed by atoms with Crippen LogP contribution in [0.25, 0.3) is 0 Å². The second-order valence-corrected chi connectivity index (χ2v) is 9.32. The molecule has 2 heteroatoms. The van der Waals surface area contributed by atoms with E-state index in [-0.39, 0.29) is 12.1 Å². The molecule has 2 nitrogen and oxygen atoms in total. The summed E-state index contributed by atoms with van der Waals surface area (Å²) in [5.74, 6) is 6.93. The smallest absolute Gasteiger partial charge is 0.338 e. The Labute approximate surface area is 197 Å². The molecule has 0 bridgehead atoms. The number of rotatable bonds is 3. The zero-order valence-electron chi connectivity index (χ0n) is 19.1. The molecule has 0 aromatic heterocycles. The zero-order chi connectivity index (χ0) is 22.5. The van der Waals surface area contributed by atoms with Crippen LogP contribution < -0.4 is 0 Å². The number of fused-ring (bicyclic) bond motifs is 1. The van der Waals surface area contributed by atoms with Crippen molar-refractivity contribution in [1.82, 2.24) is 0 Å². The van der Waals surface area contributed by atoms with Gasteiger partial charge in [-0.15, -0.1) is 0 Å². The SMILES string of the molecule is O=C(OC1CCc2ccccc2C1)c1ccc(C#Cc2ccc(C3CCCCC3)cc2)cc1. The molecule has 1 atom stereocenters. The van der Waals surface area contributed by atoms with Gasteiger partial charge in [0.25, 0.3) is 0 Å². The van der Waals surface area contributed by atoms with Crippen LogP contribution in [0.2, 0.25) is 0 Å². The molecule has 1 fully saturated rings. The number of carbonyl (C=O) groups is 1.